The van der Waals surface area contributed by atoms with Crippen LogP contribution in [0.25, 0.3) is 22.7 Å². The SMILES string of the molecule is CO[C@@H]1C[C@@H](COc2nc(-c3onc4c3CCC[C@@]43CCCc4sc(N)c(C#N)c43)nc3c2n(C)c(=O)n3[C@@H]2CCCOC2)N(C)C1. The zero-order valence-corrected chi connectivity index (χ0v) is 27.9. The predicted molar refractivity (Wildman–Crippen MR) is 175 cm³/mol. The van der Waals surface area contributed by atoms with Crippen LogP contribution in [0.1, 0.15) is 78.2 Å². The molecule has 47 heavy (non-hydrogen) atoms. The number of nitrogens with zero attached hydrogens (tertiary/aromatic N) is 7. The first kappa shape index (κ1) is 30.6. The van der Waals surface area contributed by atoms with Crippen LogP contribution in [0.3, 0.4) is 0 Å². The lowest BCUT2D eigenvalue weighted by Crippen LogP contribution is -2.36. The molecule has 1 spiro atoms. The van der Waals surface area contributed by atoms with Crippen molar-refractivity contribution < 1.29 is 18.7 Å². The number of aromatic nitrogens is 5. The van der Waals surface area contributed by atoms with Crippen LogP contribution in [0.15, 0.2) is 9.32 Å². The summed E-state index contributed by atoms with van der Waals surface area (Å²) in [7, 11) is 5.54. The summed E-state index contributed by atoms with van der Waals surface area (Å²) < 4.78 is 27.4. The molecule has 0 bridgehead atoms. The van der Waals surface area contributed by atoms with E-state index in [1.807, 2.05) is 0 Å². The van der Waals surface area contributed by atoms with Crippen LogP contribution >= 0.6 is 11.3 Å². The Balaban J connectivity index is 1.27. The van der Waals surface area contributed by atoms with Crippen molar-refractivity contribution in [2.24, 2.45) is 7.05 Å². The summed E-state index contributed by atoms with van der Waals surface area (Å²) in [6.07, 6.45) is 7.93. The molecule has 13 nitrogen and oxygen atoms in total. The van der Waals surface area contributed by atoms with Gasteiger partial charge in [-0.3, -0.25) is 14.0 Å². The second-order valence-corrected chi connectivity index (χ2v) is 14.6. The Kier molecular flexibility index (Phi) is 7.63. The van der Waals surface area contributed by atoms with Crippen LogP contribution in [0.5, 0.6) is 5.88 Å². The highest BCUT2D eigenvalue weighted by Crippen LogP contribution is 2.54. The fourth-order valence-corrected chi connectivity index (χ4v) is 9.65. The molecule has 0 saturated carbocycles. The molecule has 6 heterocycles. The van der Waals surface area contributed by atoms with E-state index >= 15 is 0 Å². The smallest absolute Gasteiger partial charge is 0.330 e. The normalized spacial score (nSPS) is 26.0. The van der Waals surface area contributed by atoms with E-state index in [0.29, 0.717) is 59.0 Å². The van der Waals surface area contributed by atoms with E-state index in [0.717, 1.165) is 81.2 Å². The zero-order valence-electron chi connectivity index (χ0n) is 27.1. The number of hydrogen-bond acceptors (Lipinski definition) is 12. The highest BCUT2D eigenvalue weighted by molar-refractivity contribution is 7.16. The van der Waals surface area contributed by atoms with Crippen molar-refractivity contribution in [3.8, 4) is 23.5 Å². The molecule has 4 aromatic heterocycles. The van der Waals surface area contributed by atoms with Gasteiger partial charge < -0.3 is 24.5 Å². The van der Waals surface area contributed by atoms with Gasteiger partial charge in [-0.15, -0.1) is 11.3 Å². The van der Waals surface area contributed by atoms with Gasteiger partial charge in [0, 0.05) is 49.2 Å². The maximum absolute atomic E-state index is 13.8. The highest BCUT2D eigenvalue weighted by Gasteiger charge is 2.48. The first-order valence-electron chi connectivity index (χ1n) is 16.6. The molecule has 4 aliphatic rings. The van der Waals surface area contributed by atoms with Gasteiger partial charge in [0.2, 0.25) is 17.5 Å². The molecule has 248 valence electrons. The van der Waals surface area contributed by atoms with Crippen molar-refractivity contribution in [3.05, 3.63) is 37.7 Å². The number of rotatable bonds is 6. The van der Waals surface area contributed by atoms with E-state index < -0.39 is 5.41 Å². The molecule has 2 aliphatic carbocycles. The average Bonchev–Trinajstić information content (AvgIpc) is 3.83. The number of hydrogen-bond donors (Lipinski definition) is 1. The van der Waals surface area contributed by atoms with E-state index in [-0.39, 0.29) is 23.9 Å². The van der Waals surface area contributed by atoms with Gasteiger partial charge >= 0.3 is 5.69 Å². The molecule has 4 atom stereocenters. The van der Waals surface area contributed by atoms with Gasteiger partial charge in [-0.25, -0.2) is 9.78 Å². The number of likely N-dealkylation sites (tertiary alicyclic amines) is 1. The number of nitrogens with two attached hydrogens (primary N) is 1. The Morgan fingerprint density at radius 3 is 2.77 bits per heavy atom. The number of nitrogen functional groups attached to an aromatic ring is 1. The van der Waals surface area contributed by atoms with E-state index in [1.165, 1.54) is 16.2 Å². The second kappa shape index (κ2) is 11.7. The van der Waals surface area contributed by atoms with Crippen LogP contribution in [0.2, 0.25) is 0 Å². The molecule has 2 saturated heterocycles. The third-order valence-electron chi connectivity index (χ3n) is 10.9. The highest BCUT2D eigenvalue weighted by atomic mass is 32.1. The summed E-state index contributed by atoms with van der Waals surface area (Å²) in [5, 5.41) is 15.4. The summed E-state index contributed by atoms with van der Waals surface area (Å²) in [4.78, 5) is 27.2. The topological polar surface area (TPSA) is 159 Å². The Bertz CT molecular complexity index is 1940. The summed E-state index contributed by atoms with van der Waals surface area (Å²) >= 11 is 1.53. The largest absolute Gasteiger partial charge is 0.474 e. The first-order chi connectivity index (χ1) is 22.8. The van der Waals surface area contributed by atoms with E-state index in [4.69, 9.17) is 39.6 Å². The summed E-state index contributed by atoms with van der Waals surface area (Å²) in [6.45, 7) is 2.32. The minimum Gasteiger partial charge on any atom is -0.474 e. The number of anilines is 1. The van der Waals surface area contributed by atoms with Crippen LogP contribution in [-0.4, -0.2) is 81.8 Å². The van der Waals surface area contributed by atoms with Gasteiger partial charge in [-0.2, -0.15) is 10.2 Å². The van der Waals surface area contributed by atoms with Gasteiger partial charge in [-0.05, 0) is 70.4 Å². The summed E-state index contributed by atoms with van der Waals surface area (Å²) in [5.74, 6) is 1.16. The molecule has 0 radical (unpaired) electrons. The summed E-state index contributed by atoms with van der Waals surface area (Å²) in [5.41, 5.74) is 10.2. The molecular weight excluding hydrogens is 620 g/mol. The fourth-order valence-electron chi connectivity index (χ4n) is 8.49. The number of likely N-dealkylation sites (N-methyl/N-ethyl adjacent to an activating group) is 1. The molecule has 2 fully saturated rings. The molecule has 14 heteroatoms. The van der Waals surface area contributed by atoms with E-state index in [1.54, 1.807) is 23.3 Å². The maximum Gasteiger partial charge on any atom is 0.330 e. The Labute approximate surface area is 276 Å². The van der Waals surface area contributed by atoms with Crippen molar-refractivity contribution in [2.45, 2.75) is 81.4 Å². The molecule has 4 aromatic rings. The minimum atomic E-state index is -0.440. The van der Waals surface area contributed by atoms with Gasteiger partial charge in [0.15, 0.2) is 11.2 Å². The Morgan fingerprint density at radius 1 is 1.19 bits per heavy atom. The van der Waals surface area contributed by atoms with Crippen LogP contribution < -0.4 is 16.2 Å². The lowest BCUT2D eigenvalue weighted by atomic mass is 9.62. The second-order valence-electron chi connectivity index (χ2n) is 13.5. The number of nitriles is 1. The third-order valence-corrected chi connectivity index (χ3v) is 11.9. The van der Waals surface area contributed by atoms with Crippen molar-refractivity contribution in [2.75, 3.05) is 46.3 Å². The maximum atomic E-state index is 13.8. The quantitative estimate of drug-likeness (QED) is 0.321. The molecule has 0 aromatic carbocycles. The molecule has 0 unspecified atom stereocenters. The molecule has 2 aliphatic heterocycles. The fraction of sp³-hybridized carbons (Fsp3) is 0.606. The molecular formula is C33H40N8O5S. The average molecular weight is 661 g/mol. The Morgan fingerprint density at radius 2 is 2.02 bits per heavy atom. The van der Waals surface area contributed by atoms with Crippen molar-refractivity contribution in [1.29, 1.82) is 5.26 Å². The van der Waals surface area contributed by atoms with Gasteiger partial charge in [0.1, 0.15) is 17.7 Å². The molecule has 2 N–H and O–H groups in total. The van der Waals surface area contributed by atoms with Gasteiger partial charge in [0.25, 0.3) is 0 Å². The first-order valence-corrected chi connectivity index (χ1v) is 17.4. The van der Waals surface area contributed by atoms with Gasteiger partial charge in [-0.1, -0.05) is 5.16 Å². The lowest BCUT2D eigenvalue weighted by Gasteiger charge is -2.39. The zero-order chi connectivity index (χ0) is 32.4. The van der Waals surface area contributed by atoms with Crippen LogP contribution in [0.4, 0.5) is 5.00 Å². The number of fused-ring (bicyclic) bond motifs is 5. The number of methoxy groups -OCH3 is 1. The Hall–Kier alpha value is -3.77. The number of aryl methyl sites for hydroxylation is 2. The van der Waals surface area contributed by atoms with E-state index in [2.05, 4.69) is 18.0 Å². The lowest BCUT2D eigenvalue weighted by molar-refractivity contribution is 0.0591. The number of ether oxygens (including phenoxy) is 3. The monoisotopic (exact) mass is 660 g/mol. The van der Waals surface area contributed by atoms with Crippen LogP contribution in [-0.2, 0) is 34.8 Å². The van der Waals surface area contributed by atoms with Crippen LogP contribution in [0, 0.1) is 11.3 Å². The number of imidazole rings is 1. The molecule has 8 rings (SSSR count). The van der Waals surface area contributed by atoms with Crippen molar-refractivity contribution in [3.63, 3.8) is 0 Å². The van der Waals surface area contributed by atoms with Crippen molar-refractivity contribution in [1.82, 2.24) is 29.2 Å². The predicted octanol–water partition coefficient (Wildman–Crippen LogP) is 3.71. The third kappa shape index (κ3) is 4.73. The van der Waals surface area contributed by atoms with E-state index in [9.17, 15) is 10.1 Å². The standard InChI is InChI=1S/C33H40N8O5S/c1-39-15-20(43-3)13-19(39)17-45-31-25-30(41(32(42)40(25)2)18-7-6-12-44-16-18)36-29(37-31)26-21-8-4-10-33(27(21)38-46-26)11-5-9-23-24(33)22(14-34)28(35)47-23/h18-20H,4-13,15-17,35H2,1-3H3/t18-,19+,20-,33+/m1/s1. The summed E-state index contributed by atoms with van der Waals surface area (Å²) in [6, 6.07) is 2.37. The van der Waals surface area contributed by atoms with Gasteiger partial charge in [0.05, 0.1) is 30.0 Å². The van der Waals surface area contributed by atoms with Crippen molar-refractivity contribution >= 4 is 27.5 Å². The number of thiophene rings is 1. The minimum absolute atomic E-state index is 0.130. The molecule has 0 amide bonds.